The van der Waals surface area contributed by atoms with Crippen molar-refractivity contribution in [1.82, 2.24) is 29.1 Å². The molecule has 6 nitrogen and oxygen atoms in total. The lowest BCUT2D eigenvalue weighted by molar-refractivity contribution is 0.952. The molecule has 0 N–H and O–H groups in total. The van der Waals surface area contributed by atoms with Crippen molar-refractivity contribution in [2.24, 2.45) is 0 Å². The molecule has 0 amide bonds. The molecule has 0 fully saturated rings. The van der Waals surface area contributed by atoms with Gasteiger partial charge in [0.25, 0.3) is 0 Å². The van der Waals surface area contributed by atoms with E-state index in [-0.39, 0.29) is 0 Å². The van der Waals surface area contributed by atoms with Gasteiger partial charge in [0.1, 0.15) is 5.01 Å². The van der Waals surface area contributed by atoms with Crippen molar-refractivity contribution in [2.75, 3.05) is 0 Å². The minimum atomic E-state index is 0.577. The first-order valence-electron chi connectivity index (χ1n) is 20.2. The molecule has 280 valence electrons. The van der Waals surface area contributed by atoms with Crippen LogP contribution in [0.25, 0.3) is 110 Å². The van der Waals surface area contributed by atoms with Gasteiger partial charge in [0.05, 0.1) is 32.3 Å². The van der Waals surface area contributed by atoms with E-state index in [4.69, 9.17) is 19.9 Å². The number of benzene rings is 8. The number of aromatic nitrogens is 6. The molecule has 0 saturated heterocycles. The van der Waals surface area contributed by atoms with E-state index in [9.17, 15) is 0 Å². The second-order valence-corrected chi connectivity index (χ2v) is 16.4. The van der Waals surface area contributed by atoms with Crippen LogP contribution in [-0.2, 0) is 6.42 Å². The normalized spacial score (nSPS) is 12.3. The maximum absolute atomic E-state index is 5.46. The summed E-state index contributed by atoms with van der Waals surface area (Å²) in [7, 11) is 0. The van der Waals surface area contributed by atoms with E-state index in [0.29, 0.717) is 17.6 Å². The lowest BCUT2D eigenvalue weighted by Crippen LogP contribution is -2.08. The highest BCUT2D eigenvalue weighted by Crippen LogP contribution is 2.44. The van der Waals surface area contributed by atoms with Crippen LogP contribution in [0.1, 0.15) is 11.1 Å². The zero-order chi connectivity index (χ0) is 39.3. The first kappa shape index (κ1) is 33.3. The molecule has 4 aromatic heterocycles. The van der Waals surface area contributed by atoms with Gasteiger partial charge in [-0.15, -0.1) is 11.3 Å². The monoisotopic (exact) mass is 784 g/mol. The van der Waals surface area contributed by atoms with Gasteiger partial charge in [-0.05, 0) is 77.2 Å². The molecule has 4 heterocycles. The van der Waals surface area contributed by atoms with Gasteiger partial charge in [0.2, 0.25) is 5.95 Å². The standard InChI is InChI=1S/C53H32N6S/c1-2-13-32(14-3-1)50-55-51(42-20-12-19-37-36-16-5-4-15-34(36)31-43(37)42)57-53(56-50)59-46-23-10-7-18-39(46)41-30-29-40-38-17-6-9-22-45(38)58(48(40)49(41)59)35-27-25-33(26-28-35)52-54-44-21-8-11-24-47(44)60-52/h1-30H,31H2. The molecule has 0 bridgehead atoms. The molecule has 0 aliphatic heterocycles. The summed E-state index contributed by atoms with van der Waals surface area (Å²) in [6.07, 6.45) is 0.831. The maximum atomic E-state index is 5.46. The molecule has 0 saturated carbocycles. The fraction of sp³-hybridized carbons (Fsp3) is 0.0189. The topological polar surface area (TPSA) is 61.4 Å². The average Bonchev–Trinajstić information content (AvgIpc) is 4.09. The summed E-state index contributed by atoms with van der Waals surface area (Å²) in [6.45, 7) is 0. The number of para-hydroxylation sites is 3. The van der Waals surface area contributed by atoms with Crippen LogP contribution in [-0.4, -0.2) is 29.1 Å². The molecule has 60 heavy (non-hydrogen) atoms. The Hall–Kier alpha value is -7.74. The van der Waals surface area contributed by atoms with E-state index in [2.05, 4.69) is 167 Å². The minimum Gasteiger partial charge on any atom is -0.307 e. The molecule has 0 spiro atoms. The maximum Gasteiger partial charge on any atom is 0.238 e. The van der Waals surface area contributed by atoms with Crippen molar-refractivity contribution in [3.63, 3.8) is 0 Å². The number of rotatable bonds is 5. The van der Waals surface area contributed by atoms with Crippen molar-refractivity contribution >= 4 is 65.2 Å². The predicted octanol–water partition coefficient (Wildman–Crippen LogP) is 13.2. The Bertz CT molecular complexity index is 3660. The van der Waals surface area contributed by atoms with Gasteiger partial charge < -0.3 is 4.57 Å². The number of nitrogens with zero attached hydrogens (tertiary/aromatic N) is 6. The molecular formula is C53H32N6S. The summed E-state index contributed by atoms with van der Waals surface area (Å²) in [5.41, 5.74) is 14.5. The Kier molecular flexibility index (Phi) is 7.14. The summed E-state index contributed by atoms with van der Waals surface area (Å²) < 4.78 is 5.87. The highest BCUT2D eigenvalue weighted by atomic mass is 32.1. The molecule has 0 radical (unpaired) electrons. The molecule has 13 rings (SSSR count). The van der Waals surface area contributed by atoms with Crippen LogP contribution in [0.15, 0.2) is 182 Å². The minimum absolute atomic E-state index is 0.577. The summed E-state index contributed by atoms with van der Waals surface area (Å²) in [4.78, 5) is 21.0. The molecule has 1 aliphatic carbocycles. The zero-order valence-electron chi connectivity index (χ0n) is 32.1. The third kappa shape index (κ3) is 4.93. The van der Waals surface area contributed by atoms with E-state index in [1.165, 1.54) is 32.3 Å². The molecule has 0 unspecified atom stereocenters. The van der Waals surface area contributed by atoms with Crippen LogP contribution in [0.4, 0.5) is 0 Å². The SMILES string of the molecule is c1ccc(-c2nc(-c3cccc4c3Cc3ccccc3-4)nc(-n3c4ccccc4c4ccc5c6ccccc6n(-c6ccc(-c7nc8ccccc8s7)cc6)c5c43)n2)cc1. The van der Waals surface area contributed by atoms with Gasteiger partial charge in [0.15, 0.2) is 11.6 Å². The van der Waals surface area contributed by atoms with Crippen LogP contribution in [0.5, 0.6) is 0 Å². The Morgan fingerprint density at radius 3 is 1.85 bits per heavy atom. The predicted molar refractivity (Wildman–Crippen MR) is 246 cm³/mol. The van der Waals surface area contributed by atoms with E-state index in [1.807, 2.05) is 24.3 Å². The van der Waals surface area contributed by atoms with Crippen LogP contribution in [0, 0.1) is 0 Å². The Morgan fingerprint density at radius 1 is 0.417 bits per heavy atom. The number of hydrogen-bond donors (Lipinski definition) is 0. The highest BCUT2D eigenvalue weighted by molar-refractivity contribution is 7.21. The van der Waals surface area contributed by atoms with Crippen molar-refractivity contribution in [2.45, 2.75) is 6.42 Å². The second-order valence-electron chi connectivity index (χ2n) is 15.4. The number of thiazole rings is 1. The summed E-state index contributed by atoms with van der Waals surface area (Å²) in [5, 5.41) is 5.63. The number of hydrogen-bond acceptors (Lipinski definition) is 5. The largest absolute Gasteiger partial charge is 0.307 e. The zero-order valence-corrected chi connectivity index (χ0v) is 32.9. The van der Waals surface area contributed by atoms with E-state index < -0.39 is 0 Å². The van der Waals surface area contributed by atoms with Gasteiger partial charge in [-0.25, -0.2) is 9.97 Å². The first-order chi connectivity index (χ1) is 29.7. The van der Waals surface area contributed by atoms with Crippen molar-refractivity contribution < 1.29 is 0 Å². The first-order valence-corrected chi connectivity index (χ1v) is 21.0. The quantitative estimate of drug-likeness (QED) is 0.174. The summed E-state index contributed by atoms with van der Waals surface area (Å²) in [6, 6.07) is 64.5. The van der Waals surface area contributed by atoms with Gasteiger partial charge in [-0.2, -0.15) is 9.97 Å². The van der Waals surface area contributed by atoms with Crippen LogP contribution < -0.4 is 0 Å². The van der Waals surface area contributed by atoms with Crippen LogP contribution in [0.3, 0.4) is 0 Å². The Balaban J connectivity index is 1.09. The molecule has 0 atom stereocenters. The van der Waals surface area contributed by atoms with E-state index in [0.717, 1.165) is 77.5 Å². The third-order valence-electron chi connectivity index (χ3n) is 12.1. The second kappa shape index (κ2) is 12.9. The fourth-order valence-corrected chi connectivity index (χ4v) is 10.4. The third-order valence-corrected chi connectivity index (χ3v) is 13.2. The van der Waals surface area contributed by atoms with Gasteiger partial charge in [0, 0.05) is 43.9 Å². The Morgan fingerprint density at radius 2 is 1.05 bits per heavy atom. The fourth-order valence-electron chi connectivity index (χ4n) is 9.39. The van der Waals surface area contributed by atoms with Gasteiger partial charge in [-0.1, -0.05) is 133 Å². The molecule has 12 aromatic rings. The van der Waals surface area contributed by atoms with E-state index in [1.54, 1.807) is 11.3 Å². The van der Waals surface area contributed by atoms with Gasteiger partial charge >= 0.3 is 0 Å². The molecular weight excluding hydrogens is 753 g/mol. The molecule has 1 aliphatic rings. The lowest BCUT2D eigenvalue weighted by Gasteiger charge is -2.14. The van der Waals surface area contributed by atoms with E-state index >= 15 is 0 Å². The number of fused-ring (bicyclic) bond motifs is 11. The van der Waals surface area contributed by atoms with Crippen molar-refractivity contribution in [3.05, 3.63) is 193 Å². The molecule has 8 aromatic carbocycles. The average molecular weight is 785 g/mol. The summed E-state index contributed by atoms with van der Waals surface area (Å²) in [5.74, 6) is 1.87. The van der Waals surface area contributed by atoms with Crippen LogP contribution >= 0.6 is 11.3 Å². The lowest BCUT2D eigenvalue weighted by atomic mass is 10.0. The van der Waals surface area contributed by atoms with Gasteiger partial charge in [-0.3, -0.25) is 4.57 Å². The van der Waals surface area contributed by atoms with Crippen molar-refractivity contribution in [1.29, 1.82) is 0 Å². The molecule has 7 heteroatoms. The summed E-state index contributed by atoms with van der Waals surface area (Å²) >= 11 is 1.72. The highest BCUT2D eigenvalue weighted by Gasteiger charge is 2.26. The smallest absolute Gasteiger partial charge is 0.238 e. The van der Waals surface area contributed by atoms with Crippen LogP contribution in [0.2, 0.25) is 0 Å². The Labute approximate surface area is 348 Å². The van der Waals surface area contributed by atoms with Crippen molar-refractivity contribution in [3.8, 4) is 56.1 Å².